The van der Waals surface area contributed by atoms with Gasteiger partial charge in [-0.05, 0) is 34.1 Å². The fourth-order valence-corrected chi connectivity index (χ4v) is 2.41. The summed E-state index contributed by atoms with van der Waals surface area (Å²) in [5, 5.41) is 0. The number of benzene rings is 1. The summed E-state index contributed by atoms with van der Waals surface area (Å²) < 4.78 is 75.5. The standard InChI is InChI=1S/C9H6BrClF4O3S/c10-6-3-5(19(11,16)17)1-2-7(6)18-4-9(14,15)8(12)13/h1-3,8H,4H2. The van der Waals surface area contributed by atoms with Crippen molar-refractivity contribution in [1.29, 1.82) is 0 Å². The molecule has 0 heterocycles. The maximum Gasteiger partial charge on any atom is 0.340 e. The first-order valence-corrected chi connectivity index (χ1v) is 7.67. The van der Waals surface area contributed by atoms with Crippen LogP contribution in [0.3, 0.4) is 0 Å². The monoisotopic (exact) mass is 384 g/mol. The van der Waals surface area contributed by atoms with E-state index in [1.54, 1.807) is 0 Å². The van der Waals surface area contributed by atoms with Gasteiger partial charge in [0, 0.05) is 10.7 Å². The van der Waals surface area contributed by atoms with Gasteiger partial charge in [-0.25, -0.2) is 17.2 Å². The largest absolute Gasteiger partial charge is 0.486 e. The van der Waals surface area contributed by atoms with Crippen molar-refractivity contribution in [2.45, 2.75) is 17.2 Å². The second-order valence-corrected chi connectivity index (χ2v) is 6.80. The second-order valence-electron chi connectivity index (χ2n) is 3.38. The molecule has 0 aliphatic carbocycles. The van der Waals surface area contributed by atoms with Gasteiger partial charge in [0.25, 0.3) is 9.05 Å². The van der Waals surface area contributed by atoms with E-state index in [0.717, 1.165) is 18.2 Å². The number of alkyl halides is 4. The highest BCUT2D eigenvalue weighted by atomic mass is 79.9. The maximum absolute atomic E-state index is 12.6. The van der Waals surface area contributed by atoms with Crippen LogP contribution < -0.4 is 4.74 Å². The molecule has 0 aliphatic rings. The summed E-state index contributed by atoms with van der Waals surface area (Å²) >= 11 is 2.86. The fourth-order valence-electron chi connectivity index (χ4n) is 0.987. The highest BCUT2D eigenvalue weighted by molar-refractivity contribution is 9.10. The molecule has 0 fully saturated rings. The first-order valence-electron chi connectivity index (χ1n) is 4.57. The minimum atomic E-state index is -4.29. The number of rotatable bonds is 5. The highest BCUT2D eigenvalue weighted by Gasteiger charge is 2.41. The van der Waals surface area contributed by atoms with Gasteiger partial charge in [0.05, 0.1) is 9.37 Å². The van der Waals surface area contributed by atoms with E-state index in [2.05, 4.69) is 20.7 Å². The second kappa shape index (κ2) is 5.84. The van der Waals surface area contributed by atoms with Crippen molar-refractivity contribution in [3.8, 4) is 5.75 Å². The van der Waals surface area contributed by atoms with E-state index in [9.17, 15) is 26.0 Å². The lowest BCUT2D eigenvalue weighted by Gasteiger charge is -2.16. The van der Waals surface area contributed by atoms with Crippen LogP contribution in [0.5, 0.6) is 5.75 Å². The molecular formula is C9H6BrClF4O3S. The predicted molar refractivity (Wildman–Crippen MR) is 63.6 cm³/mol. The van der Waals surface area contributed by atoms with Crippen molar-refractivity contribution in [3.63, 3.8) is 0 Å². The zero-order chi connectivity index (χ0) is 14.8. The van der Waals surface area contributed by atoms with Crippen molar-refractivity contribution >= 4 is 35.7 Å². The first kappa shape index (κ1) is 16.5. The molecule has 1 rings (SSSR count). The normalized spacial score (nSPS) is 12.8. The Morgan fingerprint density at radius 2 is 1.95 bits per heavy atom. The Morgan fingerprint density at radius 1 is 1.37 bits per heavy atom. The van der Waals surface area contributed by atoms with Crippen molar-refractivity contribution in [3.05, 3.63) is 22.7 Å². The summed E-state index contributed by atoms with van der Waals surface area (Å²) in [5.41, 5.74) is 0. The molecule has 0 radical (unpaired) electrons. The third kappa shape index (κ3) is 4.50. The Hall–Kier alpha value is -0.540. The molecule has 1 aromatic carbocycles. The van der Waals surface area contributed by atoms with Gasteiger partial charge in [-0.3, -0.25) is 0 Å². The zero-order valence-corrected chi connectivity index (χ0v) is 12.1. The van der Waals surface area contributed by atoms with Gasteiger partial charge >= 0.3 is 12.3 Å². The Labute approximate surface area is 119 Å². The van der Waals surface area contributed by atoms with Crippen LogP contribution in [0.1, 0.15) is 0 Å². The van der Waals surface area contributed by atoms with Gasteiger partial charge in [0.1, 0.15) is 5.75 Å². The molecule has 19 heavy (non-hydrogen) atoms. The predicted octanol–water partition coefficient (Wildman–Crippen LogP) is 3.66. The molecule has 0 unspecified atom stereocenters. The molecule has 1 aromatic rings. The SMILES string of the molecule is O=S(=O)(Cl)c1ccc(OCC(F)(F)C(F)F)c(Br)c1. The summed E-state index contributed by atoms with van der Waals surface area (Å²) in [6.07, 6.45) is -3.85. The molecule has 0 saturated heterocycles. The fraction of sp³-hybridized carbons (Fsp3) is 0.333. The van der Waals surface area contributed by atoms with E-state index in [1.807, 2.05) is 0 Å². The lowest BCUT2D eigenvalue weighted by molar-refractivity contribution is -0.148. The van der Waals surface area contributed by atoms with Crippen LogP contribution in [-0.2, 0) is 9.05 Å². The number of ether oxygens (including phenoxy) is 1. The lowest BCUT2D eigenvalue weighted by Crippen LogP contribution is -2.33. The number of hydrogen-bond acceptors (Lipinski definition) is 3. The van der Waals surface area contributed by atoms with Gasteiger partial charge in [0.2, 0.25) is 0 Å². The van der Waals surface area contributed by atoms with Gasteiger partial charge in [0.15, 0.2) is 6.61 Å². The molecule has 0 saturated carbocycles. The van der Waals surface area contributed by atoms with E-state index < -0.39 is 28.0 Å². The van der Waals surface area contributed by atoms with Gasteiger partial charge in [-0.1, -0.05) is 0 Å². The Kier molecular flexibility index (Phi) is 5.08. The van der Waals surface area contributed by atoms with Gasteiger partial charge in [-0.15, -0.1) is 0 Å². The molecule has 0 aliphatic heterocycles. The molecule has 0 amide bonds. The molecule has 0 atom stereocenters. The van der Waals surface area contributed by atoms with E-state index in [1.165, 1.54) is 0 Å². The highest BCUT2D eigenvalue weighted by Crippen LogP contribution is 2.31. The van der Waals surface area contributed by atoms with Crippen molar-refractivity contribution < 1.29 is 30.7 Å². The Bertz CT molecular complexity index is 565. The summed E-state index contributed by atoms with van der Waals surface area (Å²) in [4.78, 5) is -0.283. The Balaban J connectivity index is 2.88. The molecule has 0 bridgehead atoms. The number of hydrogen-bond donors (Lipinski definition) is 0. The topological polar surface area (TPSA) is 43.4 Å². The molecule has 3 nitrogen and oxygen atoms in total. The summed E-state index contributed by atoms with van der Waals surface area (Å²) in [6.45, 7) is -1.53. The zero-order valence-electron chi connectivity index (χ0n) is 8.92. The molecule has 10 heteroatoms. The van der Waals surface area contributed by atoms with Gasteiger partial charge < -0.3 is 4.74 Å². The molecule has 108 valence electrons. The maximum atomic E-state index is 12.6. The van der Waals surface area contributed by atoms with E-state index >= 15 is 0 Å². The number of halogens is 6. The van der Waals surface area contributed by atoms with Crippen LogP contribution >= 0.6 is 26.6 Å². The summed E-state index contributed by atoms with van der Waals surface area (Å²) in [6, 6.07) is 3.04. The molecular weight excluding hydrogens is 380 g/mol. The van der Waals surface area contributed by atoms with Crippen LogP contribution in [0.2, 0.25) is 0 Å². The average molecular weight is 386 g/mol. The first-order chi connectivity index (χ1) is 8.54. The van der Waals surface area contributed by atoms with Crippen LogP contribution in [0.25, 0.3) is 0 Å². The lowest BCUT2D eigenvalue weighted by atomic mass is 10.3. The average Bonchev–Trinajstić information content (AvgIpc) is 2.25. The van der Waals surface area contributed by atoms with E-state index in [4.69, 9.17) is 10.7 Å². The minimum absolute atomic E-state index is 0.000656. The quantitative estimate of drug-likeness (QED) is 0.574. The van der Waals surface area contributed by atoms with Crippen molar-refractivity contribution in [1.82, 2.24) is 0 Å². The van der Waals surface area contributed by atoms with Crippen molar-refractivity contribution in [2.24, 2.45) is 0 Å². The van der Waals surface area contributed by atoms with Crippen LogP contribution in [0.15, 0.2) is 27.6 Å². The minimum Gasteiger partial charge on any atom is -0.486 e. The van der Waals surface area contributed by atoms with Crippen molar-refractivity contribution in [2.75, 3.05) is 6.61 Å². The summed E-state index contributed by atoms with van der Waals surface area (Å²) in [7, 11) is 1.09. The van der Waals surface area contributed by atoms with Crippen LogP contribution in [-0.4, -0.2) is 27.4 Å². The third-order valence-corrected chi connectivity index (χ3v) is 3.90. The molecule has 0 N–H and O–H groups in total. The van der Waals surface area contributed by atoms with E-state index in [-0.39, 0.29) is 15.1 Å². The Morgan fingerprint density at radius 3 is 2.37 bits per heavy atom. The van der Waals surface area contributed by atoms with Gasteiger partial charge in [-0.2, -0.15) is 8.78 Å². The molecule has 0 aromatic heterocycles. The van der Waals surface area contributed by atoms with E-state index in [0.29, 0.717) is 0 Å². The molecule has 0 spiro atoms. The van der Waals surface area contributed by atoms with Crippen LogP contribution in [0.4, 0.5) is 17.6 Å². The summed E-state index contributed by atoms with van der Waals surface area (Å²) in [5.74, 6) is -4.50. The smallest absolute Gasteiger partial charge is 0.340 e. The third-order valence-electron chi connectivity index (χ3n) is 1.92. The van der Waals surface area contributed by atoms with Crippen LogP contribution in [0, 0.1) is 0 Å².